The van der Waals surface area contributed by atoms with Crippen molar-refractivity contribution in [3.05, 3.63) is 0 Å². The molecule has 19 heavy (non-hydrogen) atoms. The van der Waals surface area contributed by atoms with Gasteiger partial charge in [-0.3, -0.25) is 4.90 Å². The van der Waals surface area contributed by atoms with Crippen LogP contribution in [0.15, 0.2) is 0 Å². The summed E-state index contributed by atoms with van der Waals surface area (Å²) in [5, 5.41) is 3.75. The number of nitrogens with one attached hydrogen (secondary N) is 1. The quantitative estimate of drug-likeness (QED) is 0.789. The second-order valence-corrected chi connectivity index (χ2v) is 6.80. The molecule has 4 atom stereocenters. The molecule has 1 saturated carbocycles. The fourth-order valence-electron chi connectivity index (χ4n) is 4.24. The molecule has 112 valence electrons. The van der Waals surface area contributed by atoms with Crippen molar-refractivity contribution in [2.75, 3.05) is 19.6 Å². The maximum Gasteiger partial charge on any atom is 0.0221 e. The summed E-state index contributed by atoms with van der Waals surface area (Å²) in [5.41, 5.74) is 0. The largest absolute Gasteiger partial charge is 0.312 e. The Bertz CT molecular complexity index is 254. The molecule has 2 heteroatoms. The van der Waals surface area contributed by atoms with Crippen molar-refractivity contribution in [3.63, 3.8) is 0 Å². The number of hydrogen-bond acceptors (Lipinski definition) is 2. The molecule has 1 saturated heterocycles. The molecule has 0 aromatic rings. The molecule has 2 rings (SSSR count). The maximum atomic E-state index is 3.75. The van der Waals surface area contributed by atoms with Gasteiger partial charge < -0.3 is 5.32 Å². The highest BCUT2D eigenvalue weighted by Gasteiger charge is 2.34. The van der Waals surface area contributed by atoms with E-state index in [1.165, 1.54) is 64.6 Å². The van der Waals surface area contributed by atoms with Gasteiger partial charge in [-0.1, -0.05) is 33.1 Å². The summed E-state index contributed by atoms with van der Waals surface area (Å²) in [7, 11) is 0. The maximum absolute atomic E-state index is 3.75. The Morgan fingerprint density at radius 3 is 2.53 bits per heavy atom. The average molecular weight is 266 g/mol. The van der Waals surface area contributed by atoms with Crippen LogP contribution < -0.4 is 5.32 Å². The predicted octanol–water partition coefficient (Wildman–Crippen LogP) is 3.67. The summed E-state index contributed by atoms with van der Waals surface area (Å²) >= 11 is 0. The van der Waals surface area contributed by atoms with Crippen LogP contribution in [0.2, 0.25) is 0 Å². The second kappa shape index (κ2) is 7.64. The number of nitrogens with zero attached hydrogens (tertiary/aromatic N) is 1. The summed E-state index contributed by atoms with van der Waals surface area (Å²) in [4.78, 5) is 2.78. The van der Waals surface area contributed by atoms with Gasteiger partial charge >= 0.3 is 0 Å². The Hall–Kier alpha value is -0.0800. The first-order chi connectivity index (χ1) is 9.26. The van der Waals surface area contributed by atoms with E-state index < -0.39 is 0 Å². The zero-order valence-electron chi connectivity index (χ0n) is 13.3. The third-order valence-electron chi connectivity index (χ3n) is 5.58. The van der Waals surface area contributed by atoms with Gasteiger partial charge in [0.15, 0.2) is 0 Å². The normalized spacial score (nSPS) is 31.7. The van der Waals surface area contributed by atoms with Gasteiger partial charge in [-0.05, 0) is 57.5 Å². The van der Waals surface area contributed by atoms with Crippen molar-refractivity contribution < 1.29 is 0 Å². The van der Waals surface area contributed by atoms with Crippen molar-refractivity contribution in [1.29, 1.82) is 0 Å². The highest BCUT2D eigenvalue weighted by atomic mass is 15.2. The van der Waals surface area contributed by atoms with Crippen LogP contribution in [-0.4, -0.2) is 36.6 Å². The second-order valence-electron chi connectivity index (χ2n) is 6.80. The molecule has 0 spiro atoms. The van der Waals surface area contributed by atoms with E-state index in [0.717, 1.165) is 11.8 Å². The monoisotopic (exact) mass is 266 g/mol. The van der Waals surface area contributed by atoms with E-state index in [2.05, 4.69) is 31.0 Å². The number of likely N-dealkylation sites (tertiary alicyclic amines) is 1. The van der Waals surface area contributed by atoms with Crippen LogP contribution in [0.1, 0.15) is 65.7 Å². The van der Waals surface area contributed by atoms with Gasteiger partial charge in [0.05, 0.1) is 0 Å². The Labute approximate surface area is 120 Å². The molecular weight excluding hydrogens is 232 g/mol. The van der Waals surface area contributed by atoms with Crippen molar-refractivity contribution in [2.45, 2.75) is 77.8 Å². The molecule has 1 aliphatic heterocycles. The number of piperidine rings is 1. The predicted molar refractivity (Wildman–Crippen MR) is 83.5 cm³/mol. The van der Waals surface area contributed by atoms with E-state index in [1.54, 1.807) is 0 Å². The minimum atomic E-state index is 0.681. The molecule has 4 unspecified atom stereocenters. The smallest absolute Gasteiger partial charge is 0.0221 e. The summed E-state index contributed by atoms with van der Waals surface area (Å²) < 4.78 is 0. The molecule has 0 bridgehead atoms. The lowest BCUT2D eigenvalue weighted by Gasteiger charge is -2.45. The molecule has 0 amide bonds. The van der Waals surface area contributed by atoms with Gasteiger partial charge in [0.25, 0.3) is 0 Å². The highest BCUT2D eigenvalue weighted by molar-refractivity contribution is 4.88. The van der Waals surface area contributed by atoms with Gasteiger partial charge in [-0.15, -0.1) is 0 Å². The lowest BCUT2D eigenvalue weighted by molar-refractivity contribution is 0.0489. The van der Waals surface area contributed by atoms with E-state index in [9.17, 15) is 0 Å². The minimum absolute atomic E-state index is 0.681. The van der Waals surface area contributed by atoms with Gasteiger partial charge in [0.2, 0.25) is 0 Å². The number of fused-ring (bicyclic) bond motifs is 1. The molecule has 1 heterocycles. The summed E-state index contributed by atoms with van der Waals surface area (Å²) in [6.07, 6.45) is 9.94. The van der Waals surface area contributed by atoms with Crippen LogP contribution in [0, 0.1) is 11.8 Å². The first-order valence-corrected chi connectivity index (χ1v) is 8.73. The summed E-state index contributed by atoms with van der Waals surface area (Å²) in [5.74, 6) is 2.06. The van der Waals surface area contributed by atoms with E-state index in [4.69, 9.17) is 0 Å². The first-order valence-electron chi connectivity index (χ1n) is 8.73. The fraction of sp³-hybridized carbons (Fsp3) is 1.00. The van der Waals surface area contributed by atoms with Crippen molar-refractivity contribution in [2.24, 2.45) is 11.8 Å². The Kier molecular flexibility index (Phi) is 6.15. The molecule has 0 radical (unpaired) electrons. The third-order valence-corrected chi connectivity index (χ3v) is 5.58. The van der Waals surface area contributed by atoms with Crippen molar-refractivity contribution >= 4 is 0 Å². The molecule has 2 aliphatic rings. The fourth-order valence-corrected chi connectivity index (χ4v) is 4.24. The van der Waals surface area contributed by atoms with Crippen LogP contribution in [0.25, 0.3) is 0 Å². The molecule has 1 aliphatic carbocycles. The average Bonchev–Trinajstić information content (AvgIpc) is 2.47. The van der Waals surface area contributed by atoms with Crippen LogP contribution in [-0.2, 0) is 0 Å². The number of hydrogen-bond donors (Lipinski definition) is 1. The van der Waals surface area contributed by atoms with Gasteiger partial charge in [0, 0.05) is 18.6 Å². The number of rotatable bonds is 6. The molecule has 0 aromatic carbocycles. The van der Waals surface area contributed by atoms with Crippen molar-refractivity contribution in [3.8, 4) is 0 Å². The van der Waals surface area contributed by atoms with Crippen LogP contribution in [0.3, 0.4) is 0 Å². The topological polar surface area (TPSA) is 15.3 Å². The first kappa shape index (κ1) is 15.3. The van der Waals surface area contributed by atoms with E-state index in [0.29, 0.717) is 12.1 Å². The Morgan fingerprint density at radius 2 is 1.84 bits per heavy atom. The minimum Gasteiger partial charge on any atom is -0.312 e. The van der Waals surface area contributed by atoms with Gasteiger partial charge in [-0.2, -0.15) is 0 Å². The summed E-state index contributed by atoms with van der Waals surface area (Å²) in [6.45, 7) is 10.9. The van der Waals surface area contributed by atoms with E-state index >= 15 is 0 Å². The van der Waals surface area contributed by atoms with E-state index in [1.807, 2.05) is 0 Å². The molecule has 2 fully saturated rings. The molecule has 1 N–H and O–H groups in total. The zero-order valence-corrected chi connectivity index (χ0v) is 13.3. The zero-order chi connectivity index (χ0) is 13.7. The summed E-state index contributed by atoms with van der Waals surface area (Å²) in [6, 6.07) is 1.39. The lowest BCUT2D eigenvalue weighted by atomic mass is 9.74. The third kappa shape index (κ3) is 3.95. The SMILES string of the molecule is CCCNC(CC)C(C)N1CCC2CCCCC2C1. The van der Waals surface area contributed by atoms with Crippen LogP contribution in [0.5, 0.6) is 0 Å². The molecule has 2 nitrogen and oxygen atoms in total. The molecular formula is C17H34N2. The van der Waals surface area contributed by atoms with E-state index in [-0.39, 0.29) is 0 Å². The van der Waals surface area contributed by atoms with Gasteiger partial charge in [0.1, 0.15) is 0 Å². The highest BCUT2D eigenvalue weighted by Crippen LogP contribution is 2.36. The van der Waals surface area contributed by atoms with Crippen molar-refractivity contribution in [1.82, 2.24) is 10.2 Å². The van der Waals surface area contributed by atoms with Crippen LogP contribution >= 0.6 is 0 Å². The van der Waals surface area contributed by atoms with Gasteiger partial charge in [-0.25, -0.2) is 0 Å². The standard InChI is InChI=1S/C17H34N2/c1-4-11-18-17(5-2)14(3)19-12-10-15-8-6-7-9-16(15)13-19/h14-18H,4-13H2,1-3H3. The molecule has 0 aromatic heterocycles. The Balaban J connectivity index is 1.86. The Morgan fingerprint density at radius 1 is 1.11 bits per heavy atom. The van der Waals surface area contributed by atoms with Crippen LogP contribution in [0.4, 0.5) is 0 Å². The lowest BCUT2D eigenvalue weighted by Crippen LogP contribution is -2.53.